The van der Waals surface area contributed by atoms with E-state index in [9.17, 15) is 0 Å². The van der Waals surface area contributed by atoms with Crippen molar-refractivity contribution in [2.45, 2.75) is 51.5 Å². The SMILES string of the molecule is COc1cc(Nc2ncc3c(n2)CCC(C2CCCCC2)C=C3c2ccc(CN3CCN(C)CC3)cc2)cc(OC)c1. The Morgan fingerprint density at radius 2 is 1.60 bits per heavy atom. The van der Waals surface area contributed by atoms with Crippen molar-refractivity contribution in [3.8, 4) is 11.5 Å². The third kappa shape index (κ3) is 6.79. The number of anilines is 2. The number of aromatic nitrogens is 2. The van der Waals surface area contributed by atoms with Gasteiger partial charge in [-0.1, -0.05) is 49.6 Å². The van der Waals surface area contributed by atoms with Crippen LogP contribution in [-0.2, 0) is 13.0 Å². The number of ether oxygens (including phenoxy) is 2. The molecule has 1 N–H and O–H groups in total. The van der Waals surface area contributed by atoms with Gasteiger partial charge < -0.3 is 19.7 Å². The number of allylic oxidation sites excluding steroid dienone is 1. The Labute approximate surface area is 251 Å². The maximum absolute atomic E-state index is 5.46. The molecule has 1 saturated carbocycles. The van der Waals surface area contributed by atoms with E-state index < -0.39 is 0 Å². The molecule has 2 heterocycles. The van der Waals surface area contributed by atoms with Gasteiger partial charge in [0.25, 0.3) is 0 Å². The zero-order valence-corrected chi connectivity index (χ0v) is 25.4. The fourth-order valence-electron chi connectivity index (χ4n) is 6.83. The number of nitrogens with one attached hydrogen (secondary N) is 1. The minimum atomic E-state index is 0.568. The van der Waals surface area contributed by atoms with E-state index in [1.165, 1.54) is 48.8 Å². The predicted octanol–water partition coefficient (Wildman–Crippen LogP) is 6.56. The van der Waals surface area contributed by atoms with Gasteiger partial charge in [-0.25, -0.2) is 9.97 Å². The Kier molecular flexibility index (Phi) is 9.06. The third-order valence-electron chi connectivity index (χ3n) is 9.38. The molecule has 1 aromatic heterocycles. The van der Waals surface area contributed by atoms with E-state index in [1.807, 2.05) is 24.4 Å². The van der Waals surface area contributed by atoms with E-state index in [1.54, 1.807) is 14.2 Å². The first-order chi connectivity index (χ1) is 20.6. The maximum Gasteiger partial charge on any atom is 0.227 e. The molecule has 0 radical (unpaired) electrons. The molecule has 0 spiro atoms. The molecule has 0 amide bonds. The number of aryl methyl sites for hydroxylation is 1. The molecule has 3 aliphatic rings. The summed E-state index contributed by atoms with van der Waals surface area (Å²) in [5.41, 5.74) is 7.06. The summed E-state index contributed by atoms with van der Waals surface area (Å²) in [6, 6.07) is 15.0. The van der Waals surface area contributed by atoms with Gasteiger partial charge in [0.2, 0.25) is 5.95 Å². The van der Waals surface area contributed by atoms with Crippen molar-refractivity contribution in [1.82, 2.24) is 19.8 Å². The van der Waals surface area contributed by atoms with Gasteiger partial charge in [0, 0.05) is 68.4 Å². The summed E-state index contributed by atoms with van der Waals surface area (Å²) in [6.45, 7) is 5.58. The molecule has 6 rings (SSSR count). The monoisotopic (exact) mass is 567 g/mol. The maximum atomic E-state index is 5.46. The van der Waals surface area contributed by atoms with Gasteiger partial charge in [0.1, 0.15) is 11.5 Å². The van der Waals surface area contributed by atoms with Crippen LogP contribution in [0, 0.1) is 11.8 Å². The van der Waals surface area contributed by atoms with Crippen LogP contribution in [0.3, 0.4) is 0 Å². The van der Waals surface area contributed by atoms with E-state index in [4.69, 9.17) is 19.4 Å². The molecule has 1 atom stereocenters. The summed E-state index contributed by atoms with van der Waals surface area (Å²) in [4.78, 5) is 14.9. The Morgan fingerprint density at radius 1 is 0.881 bits per heavy atom. The minimum Gasteiger partial charge on any atom is -0.497 e. The highest BCUT2D eigenvalue weighted by Crippen LogP contribution is 2.40. The van der Waals surface area contributed by atoms with Crippen molar-refractivity contribution in [3.63, 3.8) is 0 Å². The predicted molar refractivity (Wildman–Crippen MR) is 170 cm³/mol. The van der Waals surface area contributed by atoms with Gasteiger partial charge >= 0.3 is 0 Å². The van der Waals surface area contributed by atoms with Crippen LogP contribution in [0.5, 0.6) is 11.5 Å². The van der Waals surface area contributed by atoms with Gasteiger partial charge in [-0.15, -0.1) is 0 Å². The zero-order chi connectivity index (χ0) is 28.9. The number of piperazine rings is 1. The summed E-state index contributed by atoms with van der Waals surface area (Å²) in [5, 5.41) is 3.39. The number of rotatable bonds is 8. The average molecular weight is 568 g/mol. The lowest BCUT2D eigenvalue weighted by Crippen LogP contribution is -2.43. The van der Waals surface area contributed by atoms with Crippen LogP contribution in [0.1, 0.15) is 60.9 Å². The fraction of sp³-hybridized carbons (Fsp3) is 0.486. The number of hydrogen-bond donors (Lipinski definition) is 1. The van der Waals surface area contributed by atoms with Gasteiger partial charge in [0.05, 0.1) is 19.9 Å². The second kappa shape index (κ2) is 13.3. The number of likely N-dealkylation sites (N-methyl/N-ethyl adjacent to an activating group) is 1. The van der Waals surface area contributed by atoms with Crippen LogP contribution in [0.4, 0.5) is 11.6 Å². The first-order valence-corrected chi connectivity index (χ1v) is 15.7. The van der Waals surface area contributed by atoms with Crippen molar-refractivity contribution in [3.05, 3.63) is 77.1 Å². The van der Waals surface area contributed by atoms with Crippen molar-refractivity contribution in [2.75, 3.05) is 52.8 Å². The molecule has 7 nitrogen and oxygen atoms in total. The van der Waals surface area contributed by atoms with Crippen LogP contribution < -0.4 is 14.8 Å². The van der Waals surface area contributed by atoms with Crippen LogP contribution in [0.15, 0.2) is 54.7 Å². The van der Waals surface area contributed by atoms with E-state index in [0.29, 0.717) is 11.9 Å². The molecule has 0 bridgehead atoms. The lowest BCUT2D eigenvalue weighted by molar-refractivity contribution is 0.148. The summed E-state index contributed by atoms with van der Waals surface area (Å²) < 4.78 is 10.9. The highest BCUT2D eigenvalue weighted by atomic mass is 16.5. The quantitative estimate of drug-likeness (QED) is 0.331. The Morgan fingerprint density at radius 3 is 2.29 bits per heavy atom. The number of benzene rings is 2. The van der Waals surface area contributed by atoms with E-state index >= 15 is 0 Å². The molecule has 1 aliphatic heterocycles. The Bertz CT molecular complexity index is 1350. The van der Waals surface area contributed by atoms with Crippen LogP contribution in [0.2, 0.25) is 0 Å². The van der Waals surface area contributed by atoms with E-state index in [-0.39, 0.29) is 0 Å². The molecule has 7 heteroatoms. The number of methoxy groups -OCH3 is 2. The van der Waals surface area contributed by atoms with E-state index in [2.05, 4.69) is 52.5 Å². The Hall–Kier alpha value is -3.42. The molecule has 42 heavy (non-hydrogen) atoms. The van der Waals surface area contributed by atoms with Crippen molar-refractivity contribution < 1.29 is 9.47 Å². The van der Waals surface area contributed by atoms with Crippen molar-refractivity contribution >= 4 is 17.2 Å². The number of hydrogen-bond acceptors (Lipinski definition) is 7. The van der Waals surface area contributed by atoms with Crippen LogP contribution in [0.25, 0.3) is 5.57 Å². The highest BCUT2D eigenvalue weighted by molar-refractivity contribution is 5.81. The largest absolute Gasteiger partial charge is 0.497 e. The normalized spacial score (nSPS) is 20.4. The van der Waals surface area contributed by atoms with Crippen molar-refractivity contribution in [2.24, 2.45) is 11.8 Å². The minimum absolute atomic E-state index is 0.568. The van der Waals surface area contributed by atoms with Gasteiger partial charge in [-0.3, -0.25) is 4.90 Å². The molecule has 2 aliphatic carbocycles. The summed E-state index contributed by atoms with van der Waals surface area (Å²) in [7, 11) is 5.53. The van der Waals surface area contributed by atoms with Crippen molar-refractivity contribution in [1.29, 1.82) is 0 Å². The van der Waals surface area contributed by atoms with Gasteiger partial charge in [0.15, 0.2) is 0 Å². The summed E-state index contributed by atoms with van der Waals surface area (Å²) >= 11 is 0. The topological polar surface area (TPSA) is 62.8 Å². The molecule has 1 unspecified atom stereocenters. The number of nitrogens with zero attached hydrogens (tertiary/aromatic N) is 4. The molecule has 1 saturated heterocycles. The lowest BCUT2D eigenvalue weighted by atomic mass is 9.77. The average Bonchev–Trinajstić information content (AvgIpc) is 3.22. The molecule has 222 valence electrons. The summed E-state index contributed by atoms with van der Waals surface area (Å²) in [6.07, 6.45) is 13.4. The van der Waals surface area contributed by atoms with Gasteiger partial charge in [-0.2, -0.15) is 0 Å². The third-order valence-corrected chi connectivity index (χ3v) is 9.38. The second-order valence-corrected chi connectivity index (χ2v) is 12.2. The van der Waals surface area contributed by atoms with E-state index in [0.717, 1.165) is 79.9 Å². The van der Waals surface area contributed by atoms with Gasteiger partial charge in [-0.05, 0) is 61.3 Å². The fourth-order valence-corrected chi connectivity index (χ4v) is 6.83. The first-order valence-electron chi connectivity index (χ1n) is 15.7. The molecule has 2 aromatic carbocycles. The molecular weight excluding hydrogens is 522 g/mol. The van der Waals surface area contributed by atoms with Crippen LogP contribution in [-0.4, -0.2) is 67.2 Å². The Balaban J connectivity index is 1.28. The zero-order valence-electron chi connectivity index (χ0n) is 25.4. The number of fused-ring (bicyclic) bond motifs is 1. The molecule has 3 aromatic rings. The standard InChI is InChI=1S/C35H45N5O2/c1-39-15-17-40(18-16-39)24-25-9-11-27(12-10-25)32-19-28(26-7-5-4-6-8-26)13-14-34-33(32)23-36-35(38-34)37-29-20-30(41-2)22-31(21-29)42-3/h9-12,19-23,26,28H,4-8,13-18,24H2,1-3H3,(H,36,37,38). The second-order valence-electron chi connectivity index (χ2n) is 12.2. The highest BCUT2D eigenvalue weighted by Gasteiger charge is 2.27. The lowest BCUT2D eigenvalue weighted by Gasteiger charge is -2.32. The first kappa shape index (κ1) is 28.7. The summed E-state index contributed by atoms with van der Waals surface area (Å²) in [5.74, 6) is 3.38. The van der Waals surface area contributed by atoms with Crippen LogP contribution >= 0.6 is 0 Å². The molecule has 2 fully saturated rings. The molecular formula is C35H45N5O2. The smallest absolute Gasteiger partial charge is 0.227 e.